The van der Waals surface area contributed by atoms with Crippen molar-refractivity contribution in [3.05, 3.63) is 89.5 Å². The van der Waals surface area contributed by atoms with Crippen LogP contribution in [0.4, 0.5) is 5.69 Å². The smallest absolute Gasteiger partial charge is 0.258 e. The van der Waals surface area contributed by atoms with Crippen LogP contribution < -0.4 is 14.4 Å². The highest BCUT2D eigenvalue weighted by Crippen LogP contribution is 2.29. The molecule has 3 aromatic rings. The number of hydrogen-bond acceptors (Lipinski definition) is 4. The Morgan fingerprint density at radius 1 is 0.939 bits per heavy atom. The molecule has 33 heavy (non-hydrogen) atoms. The van der Waals surface area contributed by atoms with Gasteiger partial charge in [-0.1, -0.05) is 42.0 Å². The van der Waals surface area contributed by atoms with E-state index < -0.39 is 0 Å². The molecule has 1 aliphatic rings. The second-order valence-electron chi connectivity index (χ2n) is 8.56. The van der Waals surface area contributed by atoms with Crippen molar-refractivity contribution in [1.29, 1.82) is 0 Å². The molecule has 0 N–H and O–H groups in total. The summed E-state index contributed by atoms with van der Waals surface area (Å²) in [5, 5.41) is 0. The molecule has 5 nitrogen and oxygen atoms in total. The summed E-state index contributed by atoms with van der Waals surface area (Å²) < 4.78 is 10.9. The molecule has 1 amide bonds. The Morgan fingerprint density at radius 2 is 1.64 bits per heavy atom. The molecule has 1 aliphatic heterocycles. The molecule has 0 aromatic heterocycles. The van der Waals surface area contributed by atoms with E-state index >= 15 is 0 Å². The van der Waals surface area contributed by atoms with Gasteiger partial charge in [0.15, 0.2) is 0 Å². The summed E-state index contributed by atoms with van der Waals surface area (Å²) in [4.78, 5) is 18.0. The van der Waals surface area contributed by atoms with E-state index in [1.165, 1.54) is 5.56 Å². The van der Waals surface area contributed by atoms with Gasteiger partial charge in [-0.2, -0.15) is 0 Å². The third-order valence-corrected chi connectivity index (χ3v) is 6.36. The van der Waals surface area contributed by atoms with Crippen LogP contribution in [0.25, 0.3) is 0 Å². The molecule has 0 atom stereocenters. The van der Waals surface area contributed by atoms with Crippen molar-refractivity contribution in [2.45, 2.75) is 32.4 Å². The van der Waals surface area contributed by atoms with Crippen molar-refractivity contribution >= 4 is 11.6 Å². The Morgan fingerprint density at radius 3 is 2.27 bits per heavy atom. The molecule has 4 rings (SSSR count). The van der Waals surface area contributed by atoms with E-state index in [1.807, 2.05) is 47.4 Å². The third-order valence-electron chi connectivity index (χ3n) is 6.36. The number of piperidine rings is 1. The van der Waals surface area contributed by atoms with E-state index in [9.17, 15) is 4.79 Å². The number of benzene rings is 3. The van der Waals surface area contributed by atoms with Gasteiger partial charge in [0.25, 0.3) is 5.91 Å². The lowest BCUT2D eigenvalue weighted by Gasteiger charge is -2.39. The first-order chi connectivity index (χ1) is 16.1. The van der Waals surface area contributed by atoms with Crippen LogP contribution in [0, 0.1) is 6.92 Å². The summed E-state index contributed by atoms with van der Waals surface area (Å²) in [5.74, 6) is 1.70. The molecule has 0 saturated carbocycles. The molecule has 0 bridgehead atoms. The molecule has 1 saturated heterocycles. The van der Waals surface area contributed by atoms with Gasteiger partial charge in [0.05, 0.1) is 14.2 Å². The second kappa shape index (κ2) is 10.5. The first kappa shape index (κ1) is 22.9. The van der Waals surface area contributed by atoms with Gasteiger partial charge in [0.2, 0.25) is 0 Å². The zero-order valence-corrected chi connectivity index (χ0v) is 19.7. The van der Waals surface area contributed by atoms with Crippen LogP contribution in [0.1, 0.15) is 34.3 Å². The summed E-state index contributed by atoms with van der Waals surface area (Å²) in [6.45, 7) is 4.73. The molecule has 0 radical (unpaired) electrons. The summed E-state index contributed by atoms with van der Waals surface area (Å²) >= 11 is 0. The molecule has 5 heteroatoms. The number of amides is 1. The molecule has 0 unspecified atom stereocenters. The number of carbonyl (C=O) groups is 1. The quantitative estimate of drug-likeness (QED) is 0.494. The average molecular weight is 445 g/mol. The third kappa shape index (κ3) is 5.37. The predicted molar refractivity (Wildman–Crippen MR) is 132 cm³/mol. The van der Waals surface area contributed by atoms with Crippen LogP contribution >= 0.6 is 0 Å². The Kier molecular flexibility index (Phi) is 7.30. The first-order valence-corrected chi connectivity index (χ1v) is 11.5. The Balaban J connectivity index is 1.49. The number of likely N-dealkylation sites (tertiary alicyclic amines) is 1. The van der Waals surface area contributed by atoms with Gasteiger partial charge in [-0.15, -0.1) is 0 Å². The van der Waals surface area contributed by atoms with Crippen molar-refractivity contribution in [1.82, 2.24) is 4.90 Å². The fourth-order valence-electron chi connectivity index (χ4n) is 4.48. The lowest BCUT2D eigenvalue weighted by atomic mass is 9.99. The molecule has 0 spiro atoms. The maximum absolute atomic E-state index is 13.5. The summed E-state index contributed by atoms with van der Waals surface area (Å²) in [6, 6.07) is 24.0. The standard InChI is InChI=1S/C28H32N2O3/c1-21-9-12-24(13-10-21)30(28(31)22-7-5-4-6-8-22)25-15-17-29(18-16-25)20-23-11-14-26(32-2)19-27(23)33-3/h4-14,19,25H,15-18,20H2,1-3H3. The molecular weight excluding hydrogens is 412 g/mol. The first-order valence-electron chi connectivity index (χ1n) is 11.5. The maximum atomic E-state index is 13.5. The molecule has 172 valence electrons. The van der Waals surface area contributed by atoms with Gasteiger partial charge in [-0.25, -0.2) is 0 Å². The Labute approximate surface area is 196 Å². The van der Waals surface area contributed by atoms with E-state index in [-0.39, 0.29) is 11.9 Å². The van der Waals surface area contributed by atoms with Crippen molar-refractivity contribution in [2.75, 3.05) is 32.2 Å². The molecular formula is C28H32N2O3. The summed E-state index contributed by atoms with van der Waals surface area (Å²) in [7, 11) is 3.36. The number of anilines is 1. The van der Waals surface area contributed by atoms with Crippen LogP contribution in [0.2, 0.25) is 0 Å². The lowest BCUT2D eigenvalue weighted by Crippen LogP contribution is -2.47. The largest absolute Gasteiger partial charge is 0.497 e. The Hall–Kier alpha value is -3.31. The number of nitrogens with zero attached hydrogens (tertiary/aromatic N) is 2. The number of methoxy groups -OCH3 is 2. The summed E-state index contributed by atoms with van der Waals surface area (Å²) in [6.07, 6.45) is 1.84. The minimum atomic E-state index is 0.0646. The molecule has 3 aromatic carbocycles. The Bertz CT molecular complexity index is 1060. The van der Waals surface area contributed by atoms with Crippen LogP contribution in [0.15, 0.2) is 72.8 Å². The average Bonchev–Trinajstić information content (AvgIpc) is 2.87. The molecule has 0 aliphatic carbocycles. The van der Waals surface area contributed by atoms with Gasteiger partial charge in [0, 0.05) is 48.6 Å². The van der Waals surface area contributed by atoms with Crippen molar-refractivity contribution in [3.63, 3.8) is 0 Å². The monoisotopic (exact) mass is 444 g/mol. The maximum Gasteiger partial charge on any atom is 0.258 e. The number of ether oxygens (including phenoxy) is 2. The zero-order chi connectivity index (χ0) is 23.2. The van der Waals surface area contributed by atoms with E-state index in [1.54, 1.807) is 14.2 Å². The van der Waals surface area contributed by atoms with E-state index in [2.05, 4.69) is 42.2 Å². The fraction of sp³-hybridized carbons (Fsp3) is 0.321. The summed E-state index contributed by atoms with van der Waals surface area (Å²) in [5.41, 5.74) is 4.02. The normalized spacial score (nSPS) is 14.6. The van der Waals surface area contributed by atoms with Crippen LogP contribution in [-0.2, 0) is 6.54 Å². The van der Waals surface area contributed by atoms with Crippen molar-refractivity contribution in [3.8, 4) is 11.5 Å². The lowest BCUT2D eigenvalue weighted by molar-refractivity contribution is 0.0958. The number of aryl methyl sites for hydroxylation is 1. The highest BCUT2D eigenvalue weighted by atomic mass is 16.5. The van der Waals surface area contributed by atoms with Crippen LogP contribution in [0.5, 0.6) is 11.5 Å². The van der Waals surface area contributed by atoms with Crippen LogP contribution in [-0.4, -0.2) is 44.2 Å². The van der Waals surface area contributed by atoms with E-state index in [0.717, 1.165) is 60.8 Å². The van der Waals surface area contributed by atoms with Crippen molar-refractivity contribution < 1.29 is 14.3 Å². The SMILES string of the molecule is COc1ccc(CN2CCC(N(C(=O)c3ccccc3)c3ccc(C)cc3)CC2)c(OC)c1. The number of rotatable bonds is 7. The van der Waals surface area contributed by atoms with Gasteiger partial charge in [0.1, 0.15) is 11.5 Å². The van der Waals surface area contributed by atoms with E-state index in [4.69, 9.17) is 9.47 Å². The number of carbonyl (C=O) groups excluding carboxylic acids is 1. The van der Waals surface area contributed by atoms with Crippen molar-refractivity contribution in [2.24, 2.45) is 0 Å². The van der Waals surface area contributed by atoms with E-state index in [0.29, 0.717) is 0 Å². The van der Waals surface area contributed by atoms with Gasteiger partial charge < -0.3 is 14.4 Å². The predicted octanol–water partition coefficient (Wildman–Crippen LogP) is 5.32. The topological polar surface area (TPSA) is 42.0 Å². The second-order valence-corrected chi connectivity index (χ2v) is 8.56. The highest BCUT2D eigenvalue weighted by Gasteiger charge is 2.30. The minimum absolute atomic E-state index is 0.0646. The molecule has 1 fully saturated rings. The van der Waals surface area contributed by atoms with Gasteiger partial charge in [-0.3, -0.25) is 9.69 Å². The zero-order valence-electron chi connectivity index (χ0n) is 19.7. The fourth-order valence-corrected chi connectivity index (χ4v) is 4.48. The molecule has 1 heterocycles. The minimum Gasteiger partial charge on any atom is -0.497 e. The highest BCUT2D eigenvalue weighted by molar-refractivity contribution is 6.06. The van der Waals surface area contributed by atoms with Gasteiger partial charge >= 0.3 is 0 Å². The number of hydrogen-bond donors (Lipinski definition) is 0. The van der Waals surface area contributed by atoms with Gasteiger partial charge in [-0.05, 0) is 50.1 Å². The van der Waals surface area contributed by atoms with Crippen LogP contribution in [0.3, 0.4) is 0 Å².